The first-order valence-electron chi connectivity index (χ1n) is 8.93. The van der Waals surface area contributed by atoms with Crippen molar-refractivity contribution in [1.82, 2.24) is 15.1 Å². The average Bonchev–Trinajstić information content (AvgIpc) is 3.13. The summed E-state index contributed by atoms with van der Waals surface area (Å²) in [7, 11) is 0. The van der Waals surface area contributed by atoms with Crippen LogP contribution >= 0.6 is 0 Å². The van der Waals surface area contributed by atoms with Crippen molar-refractivity contribution in [3.63, 3.8) is 0 Å². The van der Waals surface area contributed by atoms with Gasteiger partial charge in [0.25, 0.3) is 5.89 Å². The molecule has 5 nitrogen and oxygen atoms in total. The van der Waals surface area contributed by atoms with Crippen LogP contribution in [0.3, 0.4) is 0 Å². The standard InChI is InChI=1S/C20H22N4O/c1-14-8-5-6-11-16(14)19-23-20(25-24-19)17-12-7-13-21-18(17)22-15-9-3-2-4-10-15/h5-8,11-13,15H,2-4,9-10H2,1H3,(H,21,22). The molecule has 128 valence electrons. The van der Waals surface area contributed by atoms with Gasteiger partial charge < -0.3 is 9.84 Å². The minimum Gasteiger partial charge on any atom is -0.367 e. The number of anilines is 1. The van der Waals surface area contributed by atoms with Gasteiger partial charge in [0.05, 0.1) is 5.56 Å². The molecule has 0 atom stereocenters. The molecule has 3 aromatic rings. The molecule has 1 aliphatic carbocycles. The molecule has 1 aromatic carbocycles. The molecule has 0 amide bonds. The van der Waals surface area contributed by atoms with Crippen LogP contribution in [-0.4, -0.2) is 21.2 Å². The number of benzene rings is 1. The maximum Gasteiger partial charge on any atom is 0.261 e. The summed E-state index contributed by atoms with van der Waals surface area (Å²) in [4.78, 5) is 9.12. The average molecular weight is 334 g/mol. The van der Waals surface area contributed by atoms with Crippen molar-refractivity contribution in [3.8, 4) is 22.8 Å². The Kier molecular flexibility index (Phi) is 4.46. The van der Waals surface area contributed by atoms with E-state index in [2.05, 4.69) is 20.4 Å². The minimum absolute atomic E-state index is 0.473. The van der Waals surface area contributed by atoms with Crippen molar-refractivity contribution in [2.24, 2.45) is 0 Å². The molecule has 1 saturated carbocycles. The van der Waals surface area contributed by atoms with Crippen LogP contribution in [0.1, 0.15) is 37.7 Å². The quantitative estimate of drug-likeness (QED) is 0.739. The Labute approximate surface area is 147 Å². The Hall–Kier alpha value is -2.69. The molecule has 1 N–H and O–H groups in total. The summed E-state index contributed by atoms with van der Waals surface area (Å²) in [6.07, 6.45) is 8.06. The van der Waals surface area contributed by atoms with Crippen LogP contribution in [0.2, 0.25) is 0 Å². The van der Waals surface area contributed by atoms with Gasteiger partial charge in [0.15, 0.2) is 0 Å². The van der Waals surface area contributed by atoms with Gasteiger partial charge in [-0.25, -0.2) is 4.98 Å². The lowest BCUT2D eigenvalue weighted by atomic mass is 9.95. The van der Waals surface area contributed by atoms with Gasteiger partial charge in [-0.2, -0.15) is 4.98 Å². The van der Waals surface area contributed by atoms with E-state index in [-0.39, 0.29) is 0 Å². The molecular weight excluding hydrogens is 312 g/mol. The van der Waals surface area contributed by atoms with Crippen LogP contribution in [0, 0.1) is 6.92 Å². The molecule has 25 heavy (non-hydrogen) atoms. The lowest BCUT2D eigenvalue weighted by Gasteiger charge is -2.23. The lowest BCUT2D eigenvalue weighted by molar-refractivity contribution is 0.432. The maximum atomic E-state index is 5.55. The zero-order chi connectivity index (χ0) is 17.1. The smallest absolute Gasteiger partial charge is 0.261 e. The predicted molar refractivity (Wildman–Crippen MR) is 98.2 cm³/mol. The fraction of sp³-hybridized carbons (Fsp3) is 0.350. The van der Waals surface area contributed by atoms with Gasteiger partial charge in [-0.1, -0.05) is 48.7 Å². The van der Waals surface area contributed by atoms with Crippen LogP contribution in [-0.2, 0) is 0 Å². The van der Waals surface area contributed by atoms with Crippen molar-refractivity contribution in [1.29, 1.82) is 0 Å². The molecule has 2 aromatic heterocycles. The zero-order valence-electron chi connectivity index (χ0n) is 14.4. The summed E-state index contributed by atoms with van der Waals surface area (Å²) < 4.78 is 5.55. The van der Waals surface area contributed by atoms with E-state index in [4.69, 9.17) is 4.52 Å². The predicted octanol–water partition coefficient (Wildman–Crippen LogP) is 4.85. The fourth-order valence-corrected chi connectivity index (χ4v) is 3.40. The van der Waals surface area contributed by atoms with Crippen LogP contribution in [0.5, 0.6) is 0 Å². The van der Waals surface area contributed by atoms with Crippen molar-refractivity contribution >= 4 is 5.82 Å². The molecule has 0 unspecified atom stereocenters. The zero-order valence-corrected chi connectivity index (χ0v) is 14.4. The fourth-order valence-electron chi connectivity index (χ4n) is 3.40. The third kappa shape index (κ3) is 3.40. The second-order valence-electron chi connectivity index (χ2n) is 6.62. The third-order valence-electron chi connectivity index (χ3n) is 4.80. The number of rotatable bonds is 4. The highest BCUT2D eigenvalue weighted by molar-refractivity contribution is 5.70. The lowest BCUT2D eigenvalue weighted by Crippen LogP contribution is -2.23. The summed E-state index contributed by atoms with van der Waals surface area (Å²) in [6, 6.07) is 12.4. The molecule has 1 fully saturated rings. The number of hydrogen-bond donors (Lipinski definition) is 1. The number of nitrogens with zero attached hydrogens (tertiary/aromatic N) is 3. The molecule has 0 aliphatic heterocycles. The number of nitrogens with one attached hydrogen (secondary N) is 1. The molecule has 1 aliphatic rings. The Morgan fingerprint density at radius 1 is 1.00 bits per heavy atom. The number of aromatic nitrogens is 3. The van der Waals surface area contributed by atoms with E-state index >= 15 is 0 Å². The van der Waals surface area contributed by atoms with Crippen LogP contribution in [0.4, 0.5) is 5.82 Å². The second-order valence-corrected chi connectivity index (χ2v) is 6.62. The van der Waals surface area contributed by atoms with E-state index < -0.39 is 0 Å². The Morgan fingerprint density at radius 3 is 2.64 bits per heavy atom. The van der Waals surface area contributed by atoms with Gasteiger partial charge in [-0.05, 0) is 37.5 Å². The monoisotopic (exact) mass is 334 g/mol. The molecule has 0 bridgehead atoms. The summed E-state index contributed by atoms with van der Waals surface area (Å²) in [6.45, 7) is 2.05. The summed E-state index contributed by atoms with van der Waals surface area (Å²) in [5.74, 6) is 1.94. The first-order valence-corrected chi connectivity index (χ1v) is 8.93. The normalized spacial score (nSPS) is 15.2. The van der Waals surface area contributed by atoms with Crippen LogP contribution in [0.25, 0.3) is 22.8 Å². The number of hydrogen-bond acceptors (Lipinski definition) is 5. The summed E-state index contributed by atoms with van der Waals surface area (Å²) in [5, 5.41) is 7.74. The van der Waals surface area contributed by atoms with Crippen molar-refractivity contribution in [2.45, 2.75) is 45.1 Å². The van der Waals surface area contributed by atoms with E-state index in [9.17, 15) is 0 Å². The molecule has 4 rings (SSSR count). The number of aryl methyl sites for hydroxylation is 1. The van der Waals surface area contributed by atoms with Gasteiger partial charge in [-0.3, -0.25) is 0 Å². The topological polar surface area (TPSA) is 63.8 Å². The van der Waals surface area contributed by atoms with E-state index in [0.29, 0.717) is 17.8 Å². The van der Waals surface area contributed by atoms with E-state index in [1.807, 2.05) is 43.3 Å². The molecular formula is C20H22N4O. The van der Waals surface area contributed by atoms with Crippen molar-refractivity contribution in [2.75, 3.05) is 5.32 Å². The first-order chi connectivity index (χ1) is 12.3. The van der Waals surface area contributed by atoms with Gasteiger partial charge in [0.1, 0.15) is 5.82 Å². The highest BCUT2D eigenvalue weighted by Gasteiger charge is 2.19. The first kappa shape index (κ1) is 15.8. The Balaban J connectivity index is 1.63. The second kappa shape index (κ2) is 7.05. The molecule has 0 saturated heterocycles. The minimum atomic E-state index is 0.473. The molecule has 5 heteroatoms. The van der Waals surface area contributed by atoms with Crippen molar-refractivity contribution < 1.29 is 4.52 Å². The molecule has 2 heterocycles. The van der Waals surface area contributed by atoms with E-state index in [1.54, 1.807) is 6.20 Å². The van der Waals surface area contributed by atoms with Gasteiger partial charge >= 0.3 is 0 Å². The number of pyridine rings is 1. The molecule has 0 radical (unpaired) electrons. The highest BCUT2D eigenvalue weighted by atomic mass is 16.5. The summed E-state index contributed by atoms with van der Waals surface area (Å²) in [5.41, 5.74) is 2.98. The van der Waals surface area contributed by atoms with E-state index in [1.165, 1.54) is 32.1 Å². The summed E-state index contributed by atoms with van der Waals surface area (Å²) >= 11 is 0. The van der Waals surface area contributed by atoms with Gasteiger partial charge in [-0.15, -0.1) is 0 Å². The largest absolute Gasteiger partial charge is 0.367 e. The van der Waals surface area contributed by atoms with Gasteiger partial charge in [0, 0.05) is 17.8 Å². The SMILES string of the molecule is Cc1ccccc1-c1noc(-c2cccnc2NC2CCCCC2)n1. The third-order valence-corrected chi connectivity index (χ3v) is 4.80. The van der Waals surface area contributed by atoms with Crippen molar-refractivity contribution in [3.05, 3.63) is 48.2 Å². The Morgan fingerprint density at radius 2 is 1.80 bits per heavy atom. The van der Waals surface area contributed by atoms with E-state index in [0.717, 1.165) is 22.5 Å². The highest BCUT2D eigenvalue weighted by Crippen LogP contribution is 2.30. The van der Waals surface area contributed by atoms with Gasteiger partial charge in [0.2, 0.25) is 5.82 Å². The maximum absolute atomic E-state index is 5.55. The van der Waals surface area contributed by atoms with Crippen LogP contribution < -0.4 is 5.32 Å². The Bertz CT molecular complexity index is 852. The molecule has 0 spiro atoms. The van der Waals surface area contributed by atoms with Crippen LogP contribution in [0.15, 0.2) is 47.1 Å².